The smallest absolute Gasteiger partial charge is 0.259 e. The van der Waals surface area contributed by atoms with Crippen LogP contribution in [-0.2, 0) is 9.53 Å². The predicted octanol–water partition coefficient (Wildman–Crippen LogP) is 4.67. The van der Waals surface area contributed by atoms with Gasteiger partial charge in [0.1, 0.15) is 6.10 Å². The summed E-state index contributed by atoms with van der Waals surface area (Å²) in [5.74, 6) is 1.64. The fourth-order valence-corrected chi connectivity index (χ4v) is 6.35. The van der Waals surface area contributed by atoms with E-state index in [-0.39, 0.29) is 16.9 Å². The molecule has 0 spiro atoms. The fourth-order valence-electron chi connectivity index (χ4n) is 6.23. The number of hydrogen-bond acceptors (Lipinski definition) is 3. The van der Waals surface area contributed by atoms with Crippen molar-refractivity contribution in [2.45, 2.75) is 64.9 Å². The molecule has 4 heteroatoms. The second-order valence-corrected chi connectivity index (χ2v) is 9.78. The van der Waals surface area contributed by atoms with Gasteiger partial charge in [-0.2, -0.15) is 0 Å². The molecule has 3 nitrogen and oxygen atoms in total. The highest BCUT2D eigenvalue weighted by atomic mass is 32.1. The molecule has 0 aromatic carbocycles. The van der Waals surface area contributed by atoms with E-state index in [2.05, 4.69) is 19.9 Å². The molecule has 142 valence electrons. The van der Waals surface area contributed by atoms with Crippen molar-refractivity contribution in [2.24, 2.45) is 22.7 Å². The molecule has 0 radical (unpaired) electrons. The van der Waals surface area contributed by atoms with Crippen LogP contribution in [0.3, 0.4) is 0 Å². The van der Waals surface area contributed by atoms with Gasteiger partial charge in [-0.05, 0) is 68.7 Å². The molecule has 0 heterocycles. The summed E-state index contributed by atoms with van der Waals surface area (Å²) in [6, 6.07) is 0. The minimum atomic E-state index is 0.121. The SMILES string of the molecule is CN(C)C(=S)OC1CCC2C3CCC4=CC(=O)CC[C@]4(C)C3=CC[C@]12C. The van der Waals surface area contributed by atoms with Crippen LogP contribution < -0.4 is 0 Å². The summed E-state index contributed by atoms with van der Waals surface area (Å²) in [5.41, 5.74) is 3.31. The molecule has 26 heavy (non-hydrogen) atoms. The highest BCUT2D eigenvalue weighted by molar-refractivity contribution is 7.80. The maximum absolute atomic E-state index is 11.9. The molecule has 2 saturated carbocycles. The van der Waals surface area contributed by atoms with Crippen molar-refractivity contribution < 1.29 is 9.53 Å². The van der Waals surface area contributed by atoms with Gasteiger partial charge in [-0.25, -0.2) is 0 Å². The van der Waals surface area contributed by atoms with Gasteiger partial charge in [0.15, 0.2) is 5.78 Å². The number of hydrogen-bond donors (Lipinski definition) is 0. The van der Waals surface area contributed by atoms with Gasteiger partial charge in [0.05, 0.1) is 0 Å². The van der Waals surface area contributed by atoms with Crippen LogP contribution in [0.1, 0.15) is 58.8 Å². The van der Waals surface area contributed by atoms with E-state index in [9.17, 15) is 4.79 Å². The van der Waals surface area contributed by atoms with E-state index in [4.69, 9.17) is 17.0 Å². The molecule has 4 rings (SSSR count). The average molecular weight is 374 g/mol. The van der Waals surface area contributed by atoms with Crippen LogP contribution in [0.15, 0.2) is 23.3 Å². The summed E-state index contributed by atoms with van der Waals surface area (Å²) in [6.07, 6.45) is 12.1. The summed E-state index contributed by atoms with van der Waals surface area (Å²) in [6.45, 7) is 4.80. The molecule has 4 aliphatic rings. The molecule has 0 aliphatic heterocycles. The standard InChI is InChI=1S/C22H31NO2S/c1-21-11-9-15(24)13-14(21)5-6-16-17-7-8-19(25-20(26)23(3)4)22(17,2)12-10-18(16)21/h10,13,16-17,19H,5-9,11-12H2,1-4H3/t16?,17?,19?,21-,22-/m0/s1. The van der Waals surface area contributed by atoms with Crippen molar-refractivity contribution >= 4 is 23.2 Å². The van der Waals surface area contributed by atoms with Gasteiger partial charge in [-0.1, -0.05) is 31.1 Å². The van der Waals surface area contributed by atoms with Crippen LogP contribution in [0.25, 0.3) is 0 Å². The van der Waals surface area contributed by atoms with Crippen LogP contribution in [0, 0.1) is 22.7 Å². The Morgan fingerprint density at radius 2 is 2.00 bits per heavy atom. The van der Waals surface area contributed by atoms with Crippen LogP contribution in [0.4, 0.5) is 0 Å². The van der Waals surface area contributed by atoms with Crippen LogP contribution in [0.5, 0.6) is 0 Å². The van der Waals surface area contributed by atoms with Gasteiger partial charge < -0.3 is 9.64 Å². The summed E-state index contributed by atoms with van der Waals surface area (Å²) in [4.78, 5) is 13.8. The third kappa shape index (κ3) is 2.59. The van der Waals surface area contributed by atoms with E-state index in [1.165, 1.54) is 18.4 Å². The number of allylic oxidation sites excluding steroid dienone is 4. The minimum absolute atomic E-state index is 0.121. The lowest BCUT2D eigenvalue weighted by Crippen LogP contribution is -2.46. The molecule has 5 atom stereocenters. The van der Waals surface area contributed by atoms with Crippen molar-refractivity contribution in [3.63, 3.8) is 0 Å². The number of thiocarbonyl (C=S) groups is 1. The van der Waals surface area contributed by atoms with Crippen molar-refractivity contribution in [3.05, 3.63) is 23.3 Å². The second-order valence-electron chi connectivity index (χ2n) is 9.43. The first-order valence-corrected chi connectivity index (χ1v) is 10.5. The van der Waals surface area contributed by atoms with Crippen molar-refractivity contribution in [2.75, 3.05) is 14.1 Å². The van der Waals surface area contributed by atoms with Gasteiger partial charge in [0.25, 0.3) is 5.17 Å². The van der Waals surface area contributed by atoms with E-state index < -0.39 is 0 Å². The lowest BCUT2D eigenvalue weighted by molar-refractivity contribution is -0.115. The Bertz CT molecular complexity index is 709. The van der Waals surface area contributed by atoms with Gasteiger partial charge >= 0.3 is 0 Å². The lowest BCUT2D eigenvalue weighted by Gasteiger charge is -2.53. The molecule has 0 bridgehead atoms. The highest BCUT2D eigenvalue weighted by Crippen LogP contribution is 2.63. The third-order valence-corrected chi connectivity index (χ3v) is 8.32. The number of nitrogens with zero attached hydrogens (tertiary/aromatic N) is 1. The number of rotatable bonds is 1. The van der Waals surface area contributed by atoms with Gasteiger partial charge in [-0.3, -0.25) is 4.79 Å². The normalized spacial score (nSPS) is 41.4. The summed E-state index contributed by atoms with van der Waals surface area (Å²) >= 11 is 5.43. The molecule has 0 aromatic heterocycles. The first kappa shape index (κ1) is 18.2. The lowest BCUT2D eigenvalue weighted by atomic mass is 9.52. The average Bonchev–Trinajstić information content (AvgIpc) is 2.92. The first-order valence-electron chi connectivity index (χ1n) is 10.1. The third-order valence-electron chi connectivity index (χ3n) is 7.85. The van der Waals surface area contributed by atoms with Crippen LogP contribution >= 0.6 is 12.2 Å². The second kappa shape index (κ2) is 6.19. The Labute approximate surface area is 162 Å². The Hall–Kier alpha value is -1.16. The maximum atomic E-state index is 11.9. The molecule has 0 saturated heterocycles. The number of carbonyl (C=O) groups is 1. The van der Waals surface area contributed by atoms with Crippen molar-refractivity contribution in [1.82, 2.24) is 4.90 Å². The topological polar surface area (TPSA) is 29.5 Å². The van der Waals surface area contributed by atoms with E-state index in [1.54, 1.807) is 5.57 Å². The number of ketones is 1. The summed E-state index contributed by atoms with van der Waals surface area (Å²) in [7, 11) is 3.91. The Morgan fingerprint density at radius 1 is 1.23 bits per heavy atom. The Morgan fingerprint density at radius 3 is 2.73 bits per heavy atom. The molecular formula is C22H31NO2S. The molecule has 3 unspecified atom stereocenters. The Balaban J connectivity index is 1.63. The first-order chi connectivity index (χ1) is 12.3. The molecule has 0 N–H and O–H groups in total. The van der Waals surface area contributed by atoms with E-state index in [0.29, 0.717) is 29.2 Å². The van der Waals surface area contributed by atoms with Gasteiger partial charge in [0, 0.05) is 31.3 Å². The zero-order valence-electron chi connectivity index (χ0n) is 16.5. The zero-order valence-corrected chi connectivity index (χ0v) is 17.3. The predicted molar refractivity (Wildman–Crippen MR) is 108 cm³/mol. The van der Waals surface area contributed by atoms with Crippen LogP contribution in [0.2, 0.25) is 0 Å². The number of ether oxygens (including phenoxy) is 1. The van der Waals surface area contributed by atoms with Crippen molar-refractivity contribution in [1.29, 1.82) is 0 Å². The molecule has 0 aromatic rings. The molecule has 0 amide bonds. The fraction of sp³-hybridized carbons (Fsp3) is 0.727. The Kier molecular flexibility index (Phi) is 4.33. The van der Waals surface area contributed by atoms with Gasteiger partial charge in [0.2, 0.25) is 0 Å². The van der Waals surface area contributed by atoms with E-state index >= 15 is 0 Å². The summed E-state index contributed by atoms with van der Waals surface area (Å²) < 4.78 is 6.24. The van der Waals surface area contributed by atoms with E-state index in [0.717, 1.165) is 25.7 Å². The molecule has 4 aliphatic carbocycles. The van der Waals surface area contributed by atoms with Crippen molar-refractivity contribution in [3.8, 4) is 0 Å². The zero-order chi connectivity index (χ0) is 18.7. The largest absolute Gasteiger partial charge is 0.467 e. The molecular weight excluding hydrogens is 342 g/mol. The maximum Gasteiger partial charge on any atom is 0.259 e. The minimum Gasteiger partial charge on any atom is -0.467 e. The quantitative estimate of drug-likeness (QED) is 0.493. The molecule has 2 fully saturated rings. The summed E-state index contributed by atoms with van der Waals surface area (Å²) in [5, 5.41) is 0.610. The van der Waals surface area contributed by atoms with Gasteiger partial charge in [-0.15, -0.1) is 0 Å². The highest BCUT2D eigenvalue weighted by Gasteiger charge is 2.57. The van der Waals surface area contributed by atoms with Crippen LogP contribution in [-0.4, -0.2) is 36.1 Å². The monoisotopic (exact) mass is 373 g/mol. The number of fused-ring (bicyclic) bond motifs is 5. The number of carbonyl (C=O) groups excluding carboxylic acids is 1. The van der Waals surface area contributed by atoms with E-state index in [1.807, 2.05) is 25.1 Å².